The van der Waals surface area contributed by atoms with Crippen LogP contribution in [0.4, 0.5) is 0 Å². The average molecular weight is 345 g/mol. The maximum atomic E-state index is 13.5. The molecule has 0 bridgehead atoms. The summed E-state index contributed by atoms with van der Waals surface area (Å²) in [6.45, 7) is 5.82. The summed E-state index contributed by atoms with van der Waals surface area (Å²) in [6.07, 6.45) is 2.64. The number of rotatable bonds is 3. The third-order valence-corrected chi connectivity index (χ3v) is 5.86. The number of ether oxygens (including phenoxy) is 1. The van der Waals surface area contributed by atoms with Crippen molar-refractivity contribution in [1.82, 2.24) is 4.90 Å². The molecule has 5 heteroatoms. The normalized spacial score (nSPS) is 26.2. The molecule has 1 atom stereocenters. The molecule has 0 aromatic heterocycles. The van der Waals surface area contributed by atoms with E-state index in [2.05, 4.69) is 0 Å². The fourth-order valence-corrected chi connectivity index (χ4v) is 4.11. The molecule has 2 fully saturated rings. The molecule has 2 heterocycles. The van der Waals surface area contributed by atoms with Crippen molar-refractivity contribution in [2.24, 2.45) is 5.41 Å². The molecule has 136 valence electrons. The highest BCUT2D eigenvalue weighted by atomic mass is 16.5. The number of likely N-dealkylation sites (tertiary alicyclic amines) is 1. The largest absolute Gasteiger partial charge is 0.481 e. The van der Waals surface area contributed by atoms with Crippen LogP contribution in [0.15, 0.2) is 24.3 Å². The van der Waals surface area contributed by atoms with Gasteiger partial charge in [0.25, 0.3) is 0 Å². The predicted molar refractivity (Wildman–Crippen MR) is 94.5 cm³/mol. The van der Waals surface area contributed by atoms with E-state index in [-0.39, 0.29) is 12.5 Å². The number of carboxylic acids is 1. The minimum atomic E-state index is -0.854. The summed E-state index contributed by atoms with van der Waals surface area (Å²) >= 11 is 0. The number of nitrogens with zero attached hydrogens (tertiary/aromatic N) is 1. The van der Waals surface area contributed by atoms with Crippen molar-refractivity contribution >= 4 is 11.9 Å². The number of carbonyl (C=O) groups is 2. The van der Waals surface area contributed by atoms with Gasteiger partial charge >= 0.3 is 5.97 Å². The summed E-state index contributed by atoms with van der Waals surface area (Å²) in [6, 6.07) is 8.16. The van der Waals surface area contributed by atoms with Crippen LogP contribution in [0.3, 0.4) is 0 Å². The molecule has 0 spiro atoms. The summed E-state index contributed by atoms with van der Waals surface area (Å²) in [5, 5.41) is 9.56. The van der Waals surface area contributed by atoms with Gasteiger partial charge in [0.2, 0.25) is 5.91 Å². The zero-order chi connectivity index (χ0) is 18.1. The van der Waals surface area contributed by atoms with E-state index in [1.165, 1.54) is 0 Å². The summed E-state index contributed by atoms with van der Waals surface area (Å²) in [5.41, 5.74) is 0.736. The van der Waals surface area contributed by atoms with Gasteiger partial charge in [0.15, 0.2) is 0 Å². The van der Waals surface area contributed by atoms with E-state index in [4.69, 9.17) is 4.74 Å². The van der Waals surface area contributed by atoms with Crippen molar-refractivity contribution in [3.05, 3.63) is 35.4 Å². The van der Waals surface area contributed by atoms with Gasteiger partial charge in [-0.3, -0.25) is 9.59 Å². The molecule has 1 unspecified atom stereocenters. The monoisotopic (exact) mass is 345 g/mol. The lowest BCUT2D eigenvalue weighted by Crippen LogP contribution is -2.55. The first-order valence-electron chi connectivity index (χ1n) is 9.05. The van der Waals surface area contributed by atoms with Gasteiger partial charge in [0.05, 0.1) is 10.8 Å². The highest BCUT2D eigenvalue weighted by Gasteiger charge is 2.47. The van der Waals surface area contributed by atoms with Crippen molar-refractivity contribution in [1.29, 1.82) is 0 Å². The van der Waals surface area contributed by atoms with Crippen LogP contribution in [-0.4, -0.2) is 48.2 Å². The number of amides is 1. The van der Waals surface area contributed by atoms with Crippen LogP contribution >= 0.6 is 0 Å². The Balaban J connectivity index is 1.92. The summed E-state index contributed by atoms with van der Waals surface area (Å²) in [5.74, 6) is -0.756. The Morgan fingerprint density at radius 1 is 1.12 bits per heavy atom. The van der Waals surface area contributed by atoms with Gasteiger partial charge in [0, 0.05) is 26.3 Å². The van der Waals surface area contributed by atoms with Crippen molar-refractivity contribution in [3.8, 4) is 0 Å². The molecule has 0 aliphatic carbocycles. The Morgan fingerprint density at radius 2 is 1.76 bits per heavy atom. The van der Waals surface area contributed by atoms with Crippen molar-refractivity contribution in [3.63, 3.8) is 0 Å². The molecular formula is C20H27NO4. The number of aliphatic carboxylic acids is 1. The number of carboxylic acid groups (broad SMARTS) is 1. The second kappa shape index (κ2) is 6.79. The van der Waals surface area contributed by atoms with Crippen molar-refractivity contribution < 1.29 is 19.4 Å². The van der Waals surface area contributed by atoms with Crippen molar-refractivity contribution in [2.45, 2.75) is 44.9 Å². The van der Waals surface area contributed by atoms with E-state index in [1.807, 2.05) is 31.2 Å². The second-order valence-corrected chi connectivity index (χ2v) is 7.76. The fraction of sp³-hybridized carbons (Fsp3) is 0.600. The second-order valence-electron chi connectivity index (χ2n) is 7.76. The molecule has 2 aliphatic rings. The van der Waals surface area contributed by atoms with Gasteiger partial charge < -0.3 is 14.7 Å². The maximum absolute atomic E-state index is 13.5. The topological polar surface area (TPSA) is 66.8 Å². The maximum Gasteiger partial charge on any atom is 0.311 e. The molecule has 25 heavy (non-hydrogen) atoms. The third-order valence-electron chi connectivity index (χ3n) is 5.86. The van der Waals surface area contributed by atoms with E-state index in [9.17, 15) is 14.7 Å². The summed E-state index contributed by atoms with van der Waals surface area (Å²) in [4.78, 5) is 27.0. The molecule has 3 rings (SSSR count). The van der Waals surface area contributed by atoms with Gasteiger partial charge in [-0.1, -0.05) is 29.8 Å². The lowest BCUT2D eigenvalue weighted by molar-refractivity contribution is -0.156. The minimum absolute atomic E-state index is 0.0619. The molecule has 1 N–H and O–H groups in total. The third kappa shape index (κ3) is 3.30. The van der Waals surface area contributed by atoms with Crippen LogP contribution in [0.25, 0.3) is 0 Å². The Labute approximate surface area is 149 Å². The van der Waals surface area contributed by atoms with Gasteiger partial charge in [0.1, 0.15) is 0 Å². The Hall–Kier alpha value is -1.88. The molecular weight excluding hydrogens is 318 g/mol. The van der Waals surface area contributed by atoms with Gasteiger partial charge in [-0.05, 0) is 45.1 Å². The average Bonchev–Trinajstić information content (AvgIpc) is 2.62. The molecule has 5 nitrogen and oxygen atoms in total. The first-order valence-corrected chi connectivity index (χ1v) is 9.05. The standard InChI is InChI=1S/C20H27NO4/c1-15-4-6-16(7-5-15)20(9-12-25-13-10-20)17(22)21-11-3-8-19(2,14-21)18(23)24/h4-7H,3,8-14H2,1-2H3,(H,23,24). The first kappa shape index (κ1) is 17.9. The smallest absolute Gasteiger partial charge is 0.311 e. The highest BCUT2D eigenvalue weighted by Crippen LogP contribution is 2.39. The number of hydrogen-bond acceptors (Lipinski definition) is 3. The van der Waals surface area contributed by atoms with Crippen LogP contribution in [0.1, 0.15) is 43.7 Å². The fourth-order valence-electron chi connectivity index (χ4n) is 4.11. The van der Waals surface area contributed by atoms with Crippen LogP contribution in [0.5, 0.6) is 0 Å². The van der Waals surface area contributed by atoms with E-state index >= 15 is 0 Å². The molecule has 1 aromatic rings. The van der Waals surface area contributed by atoms with Crippen LogP contribution in [-0.2, 0) is 19.7 Å². The van der Waals surface area contributed by atoms with E-state index in [0.717, 1.165) is 17.5 Å². The van der Waals surface area contributed by atoms with Crippen LogP contribution in [0, 0.1) is 12.3 Å². The summed E-state index contributed by atoms with van der Waals surface area (Å²) in [7, 11) is 0. The predicted octanol–water partition coefficient (Wildman–Crippen LogP) is 2.76. The quantitative estimate of drug-likeness (QED) is 0.915. The SMILES string of the molecule is Cc1ccc(C2(C(=O)N3CCCC(C)(C(=O)O)C3)CCOCC2)cc1. The molecule has 0 saturated carbocycles. The lowest BCUT2D eigenvalue weighted by atomic mass is 9.71. The van der Waals surface area contributed by atoms with Crippen LogP contribution < -0.4 is 0 Å². The Bertz CT molecular complexity index is 648. The molecule has 1 aromatic carbocycles. The number of hydrogen-bond donors (Lipinski definition) is 1. The van der Waals surface area contributed by atoms with Gasteiger partial charge in [-0.25, -0.2) is 0 Å². The number of aryl methyl sites for hydroxylation is 1. The number of piperidine rings is 1. The van der Waals surface area contributed by atoms with Gasteiger partial charge in [-0.15, -0.1) is 0 Å². The molecule has 1 amide bonds. The van der Waals surface area contributed by atoms with E-state index < -0.39 is 16.8 Å². The minimum Gasteiger partial charge on any atom is -0.481 e. The van der Waals surface area contributed by atoms with Crippen LogP contribution in [0.2, 0.25) is 0 Å². The van der Waals surface area contributed by atoms with E-state index in [1.54, 1.807) is 11.8 Å². The zero-order valence-electron chi connectivity index (χ0n) is 15.1. The van der Waals surface area contributed by atoms with Crippen molar-refractivity contribution in [2.75, 3.05) is 26.3 Å². The Kier molecular flexibility index (Phi) is 4.87. The molecule has 0 radical (unpaired) electrons. The van der Waals surface area contributed by atoms with Gasteiger partial charge in [-0.2, -0.15) is 0 Å². The molecule has 2 aliphatic heterocycles. The number of carbonyl (C=O) groups excluding carboxylic acids is 1. The first-order chi connectivity index (χ1) is 11.9. The number of benzene rings is 1. The molecule has 2 saturated heterocycles. The Morgan fingerprint density at radius 3 is 2.36 bits per heavy atom. The zero-order valence-corrected chi connectivity index (χ0v) is 15.1. The highest BCUT2D eigenvalue weighted by molar-refractivity contribution is 5.89. The summed E-state index contributed by atoms with van der Waals surface area (Å²) < 4.78 is 5.52. The van der Waals surface area contributed by atoms with E-state index in [0.29, 0.717) is 39.0 Å². The lowest BCUT2D eigenvalue weighted by Gasteiger charge is -2.44.